The van der Waals surface area contributed by atoms with Gasteiger partial charge in [0.2, 0.25) is 0 Å². The topological polar surface area (TPSA) is 24.1 Å². The fourth-order valence-electron chi connectivity index (χ4n) is 1.80. The molecule has 0 aromatic heterocycles. The first-order valence-electron chi connectivity index (χ1n) is 5.56. The molecule has 0 heterocycles. The summed E-state index contributed by atoms with van der Waals surface area (Å²) >= 11 is 0. The van der Waals surface area contributed by atoms with Gasteiger partial charge in [0.05, 0.1) is 0 Å². The first-order chi connectivity index (χ1) is 6.12. The second-order valence-electron chi connectivity index (χ2n) is 4.95. The van der Waals surface area contributed by atoms with Crippen molar-refractivity contribution >= 4 is 0 Å². The van der Waals surface area contributed by atoms with Crippen LogP contribution in [0, 0.1) is 5.41 Å². The molecular formula is C11H24N2. The highest BCUT2D eigenvalue weighted by molar-refractivity contribution is 4.85. The van der Waals surface area contributed by atoms with Crippen molar-refractivity contribution in [3.63, 3.8) is 0 Å². The fourth-order valence-corrected chi connectivity index (χ4v) is 1.80. The maximum atomic E-state index is 3.52. The van der Waals surface area contributed by atoms with Crippen LogP contribution in [0.1, 0.15) is 40.0 Å². The average molecular weight is 184 g/mol. The van der Waals surface area contributed by atoms with Crippen molar-refractivity contribution in [1.29, 1.82) is 0 Å². The van der Waals surface area contributed by atoms with E-state index >= 15 is 0 Å². The first kappa shape index (κ1) is 11.0. The van der Waals surface area contributed by atoms with Gasteiger partial charge in [0.15, 0.2) is 0 Å². The molecule has 0 amide bonds. The van der Waals surface area contributed by atoms with Gasteiger partial charge in [0.25, 0.3) is 0 Å². The molecule has 1 saturated carbocycles. The van der Waals surface area contributed by atoms with E-state index < -0.39 is 0 Å². The molecule has 0 spiro atoms. The Balaban J connectivity index is 1.89. The van der Waals surface area contributed by atoms with E-state index in [4.69, 9.17) is 0 Å². The molecule has 2 nitrogen and oxygen atoms in total. The normalized spacial score (nSPS) is 20.3. The largest absolute Gasteiger partial charge is 0.315 e. The average Bonchev–Trinajstić information content (AvgIpc) is 2.00. The maximum absolute atomic E-state index is 3.52. The van der Waals surface area contributed by atoms with Gasteiger partial charge >= 0.3 is 0 Å². The van der Waals surface area contributed by atoms with Crippen molar-refractivity contribution < 1.29 is 0 Å². The molecule has 0 unspecified atom stereocenters. The van der Waals surface area contributed by atoms with Crippen LogP contribution >= 0.6 is 0 Å². The van der Waals surface area contributed by atoms with Crippen LogP contribution in [0.4, 0.5) is 0 Å². The van der Waals surface area contributed by atoms with Crippen LogP contribution < -0.4 is 10.6 Å². The van der Waals surface area contributed by atoms with Gasteiger partial charge in [-0.1, -0.05) is 27.2 Å². The Morgan fingerprint density at radius 1 is 1.23 bits per heavy atom. The molecule has 1 aliphatic rings. The summed E-state index contributed by atoms with van der Waals surface area (Å²) < 4.78 is 0. The molecule has 0 bridgehead atoms. The van der Waals surface area contributed by atoms with Crippen LogP contribution in [0.3, 0.4) is 0 Å². The summed E-state index contributed by atoms with van der Waals surface area (Å²) in [6.07, 6.45) is 4.26. The number of nitrogens with one attached hydrogen (secondary N) is 2. The van der Waals surface area contributed by atoms with E-state index in [0.717, 1.165) is 13.1 Å². The lowest BCUT2D eigenvalue weighted by Crippen LogP contribution is -2.40. The summed E-state index contributed by atoms with van der Waals surface area (Å²) in [5, 5.41) is 6.93. The molecule has 0 aliphatic heterocycles. The molecule has 2 N–H and O–H groups in total. The third kappa shape index (κ3) is 4.10. The van der Waals surface area contributed by atoms with E-state index in [1.54, 1.807) is 0 Å². The lowest BCUT2D eigenvalue weighted by molar-refractivity contribution is 0.157. The number of rotatable bonds is 6. The Morgan fingerprint density at radius 2 is 1.92 bits per heavy atom. The monoisotopic (exact) mass is 184 g/mol. The molecular weight excluding hydrogens is 160 g/mol. The zero-order chi connectivity index (χ0) is 9.73. The Kier molecular flexibility index (Phi) is 4.20. The van der Waals surface area contributed by atoms with E-state index in [1.165, 1.54) is 25.8 Å². The van der Waals surface area contributed by atoms with Crippen molar-refractivity contribution in [3.05, 3.63) is 0 Å². The van der Waals surface area contributed by atoms with E-state index in [9.17, 15) is 0 Å². The second-order valence-corrected chi connectivity index (χ2v) is 4.95. The molecule has 1 fully saturated rings. The van der Waals surface area contributed by atoms with Gasteiger partial charge in [-0.2, -0.15) is 0 Å². The van der Waals surface area contributed by atoms with Crippen molar-refractivity contribution in [2.75, 3.05) is 19.6 Å². The highest BCUT2D eigenvalue weighted by Gasteiger charge is 2.30. The third-order valence-corrected chi connectivity index (χ3v) is 2.97. The molecule has 0 radical (unpaired) electrons. The van der Waals surface area contributed by atoms with Crippen LogP contribution in [0.2, 0.25) is 0 Å². The predicted molar refractivity (Wildman–Crippen MR) is 58.0 cm³/mol. The Labute approximate surface area is 82.5 Å². The van der Waals surface area contributed by atoms with E-state index in [-0.39, 0.29) is 0 Å². The highest BCUT2D eigenvalue weighted by atomic mass is 15.0. The van der Waals surface area contributed by atoms with Crippen molar-refractivity contribution in [2.45, 2.75) is 46.1 Å². The summed E-state index contributed by atoms with van der Waals surface area (Å²) in [4.78, 5) is 0. The molecule has 13 heavy (non-hydrogen) atoms. The SMILES string of the molecule is CC(C)NCCNCC1(C)CCC1. The Bertz CT molecular complexity index is 139. The van der Waals surface area contributed by atoms with Gasteiger partial charge in [-0.3, -0.25) is 0 Å². The minimum atomic E-state index is 0.612. The van der Waals surface area contributed by atoms with Crippen LogP contribution in [0.5, 0.6) is 0 Å². The number of hydrogen-bond acceptors (Lipinski definition) is 2. The van der Waals surface area contributed by atoms with Crippen LogP contribution in [-0.2, 0) is 0 Å². The van der Waals surface area contributed by atoms with Crippen molar-refractivity contribution in [2.24, 2.45) is 5.41 Å². The zero-order valence-corrected chi connectivity index (χ0v) is 9.32. The second kappa shape index (κ2) is 4.97. The van der Waals surface area contributed by atoms with Crippen LogP contribution in [0.15, 0.2) is 0 Å². The lowest BCUT2D eigenvalue weighted by atomic mass is 9.70. The molecule has 2 heteroatoms. The van der Waals surface area contributed by atoms with Crippen molar-refractivity contribution in [1.82, 2.24) is 10.6 Å². The Hall–Kier alpha value is -0.0800. The van der Waals surface area contributed by atoms with Gasteiger partial charge in [-0.05, 0) is 18.3 Å². The minimum absolute atomic E-state index is 0.612. The van der Waals surface area contributed by atoms with Crippen LogP contribution in [0.25, 0.3) is 0 Å². The van der Waals surface area contributed by atoms with E-state index in [1.807, 2.05) is 0 Å². The van der Waals surface area contributed by atoms with E-state index in [2.05, 4.69) is 31.4 Å². The summed E-state index contributed by atoms with van der Waals surface area (Å²) in [5.74, 6) is 0. The quantitative estimate of drug-likeness (QED) is 0.615. The summed E-state index contributed by atoms with van der Waals surface area (Å²) in [7, 11) is 0. The summed E-state index contributed by atoms with van der Waals surface area (Å²) in [6, 6.07) is 0.612. The molecule has 0 aromatic carbocycles. The van der Waals surface area contributed by atoms with Crippen molar-refractivity contribution in [3.8, 4) is 0 Å². The smallest absolute Gasteiger partial charge is 0.00790 e. The standard InChI is InChI=1S/C11H24N2/c1-10(2)13-8-7-12-9-11(3)5-4-6-11/h10,12-13H,4-9H2,1-3H3. The lowest BCUT2D eigenvalue weighted by Gasteiger charge is -2.38. The minimum Gasteiger partial charge on any atom is -0.315 e. The fraction of sp³-hybridized carbons (Fsp3) is 1.00. The molecule has 0 aromatic rings. The van der Waals surface area contributed by atoms with Gasteiger partial charge in [0.1, 0.15) is 0 Å². The molecule has 1 aliphatic carbocycles. The molecule has 0 saturated heterocycles. The zero-order valence-electron chi connectivity index (χ0n) is 9.32. The van der Waals surface area contributed by atoms with Crippen LogP contribution in [-0.4, -0.2) is 25.7 Å². The molecule has 1 rings (SSSR count). The molecule has 0 atom stereocenters. The van der Waals surface area contributed by atoms with Gasteiger partial charge in [0, 0.05) is 25.7 Å². The summed E-state index contributed by atoms with van der Waals surface area (Å²) in [5.41, 5.74) is 0.623. The summed E-state index contributed by atoms with van der Waals surface area (Å²) in [6.45, 7) is 10.2. The predicted octanol–water partition coefficient (Wildman–Crippen LogP) is 1.76. The molecule has 78 valence electrons. The van der Waals surface area contributed by atoms with Gasteiger partial charge in [-0.15, -0.1) is 0 Å². The van der Waals surface area contributed by atoms with E-state index in [0.29, 0.717) is 11.5 Å². The maximum Gasteiger partial charge on any atom is 0.00790 e. The van der Waals surface area contributed by atoms with Gasteiger partial charge in [-0.25, -0.2) is 0 Å². The Morgan fingerprint density at radius 3 is 2.38 bits per heavy atom. The third-order valence-electron chi connectivity index (χ3n) is 2.97. The highest BCUT2D eigenvalue weighted by Crippen LogP contribution is 2.39. The van der Waals surface area contributed by atoms with Gasteiger partial charge < -0.3 is 10.6 Å². The first-order valence-corrected chi connectivity index (χ1v) is 5.56. The number of hydrogen-bond donors (Lipinski definition) is 2.